The van der Waals surface area contributed by atoms with Gasteiger partial charge in [0.1, 0.15) is 0 Å². The van der Waals surface area contributed by atoms with Crippen LogP contribution in [0.5, 0.6) is 0 Å². The number of carbonyl (C=O) groups is 2. The fourth-order valence-corrected chi connectivity index (χ4v) is 3.91. The van der Waals surface area contributed by atoms with Crippen molar-refractivity contribution in [2.45, 2.75) is 12.8 Å². The highest BCUT2D eigenvalue weighted by Gasteiger charge is 2.63. The lowest BCUT2D eigenvalue weighted by Crippen LogP contribution is -2.47. The molecule has 1 aromatic carbocycles. The first-order valence-corrected chi connectivity index (χ1v) is 6.74. The van der Waals surface area contributed by atoms with E-state index in [0.717, 1.165) is 5.56 Å². The van der Waals surface area contributed by atoms with E-state index in [9.17, 15) is 19.8 Å². The standard InChI is InChI=1S/C16H16O4/c17-14(18)13-11-6-7-12(8-11)16(13,15(19)20)9-10-4-2-1-3-5-10/h1-7,11-13H,8-9H2,(H,17,18)(H,19,20)/t11-,12+,13+,16+/m0/s1. The van der Waals surface area contributed by atoms with Crippen molar-refractivity contribution in [2.24, 2.45) is 23.2 Å². The van der Waals surface area contributed by atoms with E-state index < -0.39 is 23.3 Å². The fraction of sp³-hybridized carbons (Fsp3) is 0.375. The number of fused-ring (bicyclic) bond motifs is 2. The van der Waals surface area contributed by atoms with E-state index >= 15 is 0 Å². The van der Waals surface area contributed by atoms with Gasteiger partial charge in [0.2, 0.25) is 0 Å². The zero-order valence-corrected chi connectivity index (χ0v) is 10.9. The molecule has 4 heteroatoms. The highest BCUT2D eigenvalue weighted by molar-refractivity contribution is 5.86. The normalized spacial score (nSPS) is 34.3. The Morgan fingerprint density at radius 1 is 1.15 bits per heavy atom. The van der Waals surface area contributed by atoms with Gasteiger partial charge in [0.25, 0.3) is 0 Å². The molecule has 1 fully saturated rings. The van der Waals surface area contributed by atoms with Crippen molar-refractivity contribution in [3.63, 3.8) is 0 Å². The van der Waals surface area contributed by atoms with Crippen LogP contribution < -0.4 is 0 Å². The summed E-state index contributed by atoms with van der Waals surface area (Å²) in [6.45, 7) is 0. The van der Waals surface area contributed by atoms with Gasteiger partial charge in [-0.2, -0.15) is 0 Å². The van der Waals surface area contributed by atoms with Crippen LogP contribution in [0.25, 0.3) is 0 Å². The van der Waals surface area contributed by atoms with E-state index in [1.165, 1.54) is 0 Å². The number of aliphatic carboxylic acids is 2. The Balaban J connectivity index is 2.05. The lowest BCUT2D eigenvalue weighted by Gasteiger charge is -2.36. The van der Waals surface area contributed by atoms with Crippen molar-refractivity contribution >= 4 is 11.9 Å². The first-order chi connectivity index (χ1) is 9.55. The van der Waals surface area contributed by atoms with Gasteiger partial charge in [-0.1, -0.05) is 42.5 Å². The molecule has 0 aliphatic heterocycles. The van der Waals surface area contributed by atoms with Gasteiger partial charge in [0.05, 0.1) is 11.3 Å². The Bertz CT molecular complexity index is 577. The number of carboxylic acids is 2. The SMILES string of the molecule is O=C(O)[C@H]1[C@H]2C=C[C@H](C2)[C@@]1(Cc1ccccc1)C(=O)O. The summed E-state index contributed by atoms with van der Waals surface area (Å²) in [5, 5.41) is 19.3. The van der Waals surface area contributed by atoms with E-state index in [4.69, 9.17) is 0 Å². The second kappa shape index (κ2) is 4.47. The Kier molecular flexibility index (Phi) is 2.89. The maximum atomic E-state index is 11.9. The van der Waals surface area contributed by atoms with Crippen molar-refractivity contribution in [3.8, 4) is 0 Å². The van der Waals surface area contributed by atoms with Crippen molar-refractivity contribution < 1.29 is 19.8 Å². The Morgan fingerprint density at radius 3 is 2.45 bits per heavy atom. The van der Waals surface area contributed by atoms with Gasteiger partial charge in [0, 0.05) is 0 Å². The Morgan fingerprint density at radius 2 is 1.85 bits per heavy atom. The molecule has 20 heavy (non-hydrogen) atoms. The van der Waals surface area contributed by atoms with Crippen molar-refractivity contribution in [3.05, 3.63) is 48.0 Å². The predicted molar refractivity (Wildman–Crippen MR) is 72.1 cm³/mol. The summed E-state index contributed by atoms with van der Waals surface area (Å²) in [4.78, 5) is 23.5. The summed E-state index contributed by atoms with van der Waals surface area (Å²) in [5.74, 6) is -3.18. The number of hydrogen-bond donors (Lipinski definition) is 2. The van der Waals surface area contributed by atoms with Crippen molar-refractivity contribution in [1.82, 2.24) is 0 Å². The third-order valence-electron chi connectivity index (χ3n) is 4.77. The van der Waals surface area contributed by atoms with E-state index in [-0.39, 0.29) is 18.3 Å². The quantitative estimate of drug-likeness (QED) is 0.824. The number of benzene rings is 1. The minimum atomic E-state index is -1.22. The van der Waals surface area contributed by atoms with Gasteiger partial charge in [-0.05, 0) is 30.2 Å². The maximum absolute atomic E-state index is 11.9. The van der Waals surface area contributed by atoms with Crippen LogP contribution in [0, 0.1) is 23.2 Å². The first kappa shape index (κ1) is 12.9. The molecular formula is C16H16O4. The maximum Gasteiger partial charge on any atom is 0.311 e. The van der Waals surface area contributed by atoms with Gasteiger partial charge in [-0.3, -0.25) is 9.59 Å². The zero-order chi connectivity index (χ0) is 14.3. The monoisotopic (exact) mass is 272 g/mol. The molecule has 2 N–H and O–H groups in total. The van der Waals surface area contributed by atoms with Gasteiger partial charge in [0.15, 0.2) is 0 Å². The second-order valence-electron chi connectivity index (χ2n) is 5.71. The van der Waals surface area contributed by atoms with Gasteiger partial charge >= 0.3 is 11.9 Å². The average molecular weight is 272 g/mol. The van der Waals surface area contributed by atoms with E-state index in [0.29, 0.717) is 6.42 Å². The number of carboxylic acid groups (broad SMARTS) is 2. The molecule has 1 aromatic rings. The molecule has 4 nitrogen and oxygen atoms in total. The minimum Gasteiger partial charge on any atom is -0.481 e. The molecule has 0 radical (unpaired) electrons. The number of allylic oxidation sites excluding steroid dienone is 2. The molecule has 2 bridgehead atoms. The lowest BCUT2D eigenvalue weighted by molar-refractivity contribution is -0.163. The van der Waals surface area contributed by atoms with E-state index in [2.05, 4.69) is 0 Å². The molecule has 4 atom stereocenters. The van der Waals surface area contributed by atoms with Crippen LogP contribution in [0.15, 0.2) is 42.5 Å². The Labute approximate surface area is 116 Å². The van der Waals surface area contributed by atoms with Crippen LogP contribution in [0.1, 0.15) is 12.0 Å². The predicted octanol–water partition coefficient (Wildman–Crippen LogP) is 2.21. The number of hydrogen-bond acceptors (Lipinski definition) is 2. The average Bonchev–Trinajstić information content (AvgIpc) is 2.99. The zero-order valence-electron chi connectivity index (χ0n) is 10.9. The number of rotatable bonds is 4. The van der Waals surface area contributed by atoms with Gasteiger partial charge < -0.3 is 10.2 Å². The van der Waals surface area contributed by atoms with Crippen LogP contribution >= 0.6 is 0 Å². The Hall–Kier alpha value is -2.10. The highest BCUT2D eigenvalue weighted by Crippen LogP contribution is 2.58. The lowest BCUT2D eigenvalue weighted by atomic mass is 9.65. The van der Waals surface area contributed by atoms with Crippen molar-refractivity contribution in [1.29, 1.82) is 0 Å². The van der Waals surface area contributed by atoms with Gasteiger partial charge in [-0.25, -0.2) is 0 Å². The highest BCUT2D eigenvalue weighted by atomic mass is 16.4. The molecule has 0 amide bonds. The van der Waals surface area contributed by atoms with Crippen LogP contribution in [-0.2, 0) is 16.0 Å². The summed E-state index contributed by atoms with van der Waals surface area (Å²) in [7, 11) is 0. The molecule has 2 aliphatic rings. The first-order valence-electron chi connectivity index (χ1n) is 6.74. The summed E-state index contributed by atoms with van der Waals surface area (Å²) >= 11 is 0. The third kappa shape index (κ3) is 1.68. The summed E-state index contributed by atoms with van der Waals surface area (Å²) in [6.07, 6.45) is 4.67. The molecule has 2 aliphatic carbocycles. The molecular weight excluding hydrogens is 256 g/mol. The van der Waals surface area contributed by atoms with E-state index in [1.54, 1.807) is 0 Å². The van der Waals surface area contributed by atoms with E-state index in [1.807, 2.05) is 42.5 Å². The fourth-order valence-electron chi connectivity index (χ4n) is 3.91. The summed E-state index contributed by atoms with van der Waals surface area (Å²) < 4.78 is 0. The topological polar surface area (TPSA) is 74.6 Å². The molecule has 0 saturated heterocycles. The van der Waals surface area contributed by atoms with Crippen molar-refractivity contribution in [2.75, 3.05) is 0 Å². The molecule has 0 spiro atoms. The van der Waals surface area contributed by atoms with Crippen LogP contribution in [0.3, 0.4) is 0 Å². The molecule has 0 heterocycles. The van der Waals surface area contributed by atoms with Crippen LogP contribution in [0.2, 0.25) is 0 Å². The largest absolute Gasteiger partial charge is 0.481 e. The molecule has 3 rings (SSSR count). The molecule has 1 saturated carbocycles. The minimum absolute atomic E-state index is 0.155. The van der Waals surface area contributed by atoms with Crippen LogP contribution in [-0.4, -0.2) is 22.2 Å². The van der Waals surface area contributed by atoms with Gasteiger partial charge in [-0.15, -0.1) is 0 Å². The van der Waals surface area contributed by atoms with Crippen LogP contribution in [0.4, 0.5) is 0 Å². The molecule has 104 valence electrons. The third-order valence-corrected chi connectivity index (χ3v) is 4.77. The smallest absolute Gasteiger partial charge is 0.311 e. The molecule has 0 aromatic heterocycles. The molecule has 0 unspecified atom stereocenters. The second-order valence-corrected chi connectivity index (χ2v) is 5.71. The summed E-state index contributed by atoms with van der Waals surface area (Å²) in [5.41, 5.74) is -0.339. The summed E-state index contributed by atoms with van der Waals surface area (Å²) in [6, 6.07) is 9.29.